The van der Waals surface area contributed by atoms with Gasteiger partial charge in [0.15, 0.2) is 11.6 Å². The summed E-state index contributed by atoms with van der Waals surface area (Å²) in [5.41, 5.74) is 5.55. The molecule has 1 N–H and O–H groups in total. The lowest BCUT2D eigenvalue weighted by Gasteiger charge is -2.31. The fourth-order valence-electron chi connectivity index (χ4n) is 5.05. The van der Waals surface area contributed by atoms with Crippen molar-refractivity contribution in [2.75, 3.05) is 20.8 Å². The van der Waals surface area contributed by atoms with Crippen LogP contribution in [0.5, 0.6) is 5.75 Å². The maximum atomic E-state index is 15.3. The number of ether oxygens (including phenoxy) is 2. The van der Waals surface area contributed by atoms with Gasteiger partial charge in [-0.1, -0.05) is 5.21 Å². The third-order valence-electron chi connectivity index (χ3n) is 7.25. The molecule has 1 amide bonds. The smallest absolute Gasteiger partial charge is 0.255 e. The van der Waals surface area contributed by atoms with Crippen molar-refractivity contribution < 1.29 is 18.7 Å². The molecule has 0 spiro atoms. The van der Waals surface area contributed by atoms with Gasteiger partial charge in [0.1, 0.15) is 5.69 Å². The van der Waals surface area contributed by atoms with E-state index in [4.69, 9.17) is 14.5 Å². The molecule has 0 radical (unpaired) electrons. The van der Waals surface area contributed by atoms with E-state index in [1.165, 1.54) is 23.4 Å². The number of nitrogens with zero attached hydrogens (tertiary/aromatic N) is 7. The van der Waals surface area contributed by atoms with Crippen molar-refractivity contribution in [3.05, 3.63) is 81.9 Å². The number of amides is 1. The first-order valence-corrected chi connectivity index (χ1v) is 13.6. The molecule has 1 aliphatic rings. The van der Waals surface area contributed by atoms with E-state index in [-0.39, 0.29) is 24.5 Å². The topological polar surface area (TPSA) is 112 Å². The molecule has 41 heavy (non-hydrogen) atoms. The van der Waals surface area contributed by atoms with E-state index in [0.29, 0.717) is 35.2 Å². The minimum atomic E-state index is -0.581. The Morgan fingerprint density at radius 1 is 1.22 bits per heavy atom. The Hall–Kier alpha value is -4.16. The lowest BCUT2D eigenvalue weighted by atomic mass is 10.0. The summed E-state index contributed by atoms with van der Waals surface area (Å²) in [6, 6.07) is 5.84. The normalized spacial score (nSPS) is 13.4. The summed E-state index contributed by atoms with van der Waals surface area (Å²) >= 11 is 0. The maximum Gasteiger partial charge on any atom is 0.255 e. The molecule has 0 atom stereocenters. The van der Waals surface area contributed by atoms with Gasteiger partial charge in [0.2, 0.25) is 0 Å². The molecule has 4 heterocycles. The van der Waals surface area contributed by atoms with E-state index in [1.807, 2.05) is 6.20 Å². The molecule has 1 aliphatic heterocycles. The summed E-state index contributed by atoms with van der Waals surface area (Å²) in [4.78, 5) is 20.5. The molecule has 0 unspecified atom stereocenters. The summed E-state index contributed by atoms with van der Waals surface area (Å²) in [6.45, 7) is 8.57. The number of pyridine rings is 1. The van der Waals surface area contributed by atoms with Crippen LogP contribution in [0.2, 0.25) is 0 Å². The Labute approximate surface area is 238 Å². The van der Waals surface area contributed by atoms with Gasteiger partial charge < -0.3 is 14.8 Å². The lowest BCUT2D eigenvalue weighted by molar-refractivity contribution is 0.0945. The van der Waals surface area contributed by atoms with Crippen molar-refractivity contribution in [2.45, 2.75) is 59.5 Å². The molecular formula is C29H35FN8O3. The number of hydrogen-bond acceptors (Lipinski definition) is 8. The van der Waals surface area contributed by atoms with Crippen molar-refractivity contribution in [3.63, 3.8) is 0 Å². The number of hydrogen-bond donors (Lipinski definition) is 1. The lowest BCUT2D eigenvalue weighted by Crippen LogP contribution is -2.36. The molecule has 0 saturated carbocycles. The van der Waals surface area contributed by atoms with Gasteiger partial charge in [-0.2, -0.15) is 5.10 Å². The highest BCUT2D eigenvalue weighted by Crippen LogP contribution is 2.26. The molecule has 216 valence electrons. The first-order chi connectivity index (χ1) is 19.8. The second kappa shape index (κ2) is 12.1. The average Bonchev–Trinajstić information content (AvgIpc) is 3.57. The second-order valence-electron chi connectivity index (χ2n) is 10.5. The summed E-state index contributed by atoms with van der Waals surface area (Å²) in [5, 5.41) is 15.5. The number of rotatable bonds is 10. The van der Waals surface area contributed by atoms with Gasteiger partial charge in [-0.05, 0) is 50.1 Å². The molecule has 0 bridgehead atoms. The monoisotopic (exact) mass is 562 g/mol. The number of methoxy groups -OCH3 is 2. The van der Waals surface area contributed by atoms with Gasteiger partial charge in [-0.3, -0.25) is 19.4 Å². The molecule has 5 rings (SSSR count). The van der Waals surface area contributed by atoms with Gasteiger partial charge in [0.05, 0.1) is 43.4 Å². The number of halogens is 1. The van der Waals surface area contributed by atoms with Crippen molar-refractivity contribution in [1.82, 2.24) is 40.0 Å². The van der Waals surface area contributed by atoms with Gasteiger partial charge >= 0.3 is 0 Å². The minimum Gasteiger partial charge on any atom is -0.494 e. The Morgan fingerprint density at radius 2 is 2.05 bits per heavy atom. The number of carbonyl (C=O) groups is 1. The van der Waals surface area contributed by atoms with E-state index < -0.39 is 11.7 Å². The van der Waals surface area contributed by atoms with Gasteiger partial charge in [0, 0.05) is 62.9 Å². The zero-order chi connectivity index (χ0) is 29.1. The quantitative estimate of drug-likeness (QED) is 0.314. The summed E-state index contributed by atoms with van der Waals surface area (Å²) < 4.78 is 29.0. The molecule has 0 aliphatic carbocycles. The Balaban J connectivity index is 1.36. The zero-order valence-corrected chi connectivity index (χ0v) is 24.0. The van der Waals surface area contributed by atoms with Crippen LogP contribution in [0.1, 0.15) is 58.0 Å². The first-order valence-electron chi connectivity index (χ1n) is 13.6. The summed E-state index contributed by atoms with van der Waals surface area (Å²) in [7, 11) is 2.94. The second-order valence-corrected chi connectivity index (χ2v) is 10.5. The van der Waals surface area contributed by atoms with E-state index in [9.17, 15) is 4.79 Å². The standard InChI is InChI=1S/C29H35FN8O3/c1-18(2)36-9-8-24-21(15-36)10-20(11-31-24)14-37-16-23(25(34-37)17-40-4)29(39)32-12-22-26(38-13-19(3)33-35-38)6-7-27(41-5)28(22)30/h6-7,10-11,13,16,18H,8-9,12,14-15,17H2,1-5H3,(H,32,39). The SMILES string of the molecule is COCc1nn(Cc2cnc3c(c2)CN(C(C)C)CC3)cc1C(=O)NCc1c(-n2cc(C)nn2)ccc(OC)c1F. The van der Waals surface area contributed by atoms with Gasteiger partial charge in [-0.25, -0.2) is 9.07 Å². The predicted octanol–water partition coefficient (Wildman–Crippen LogP) is 3.21. The van der Waals surface area contributed by atoms with E-state index >= 15 is 4.39 Å². The van der Waals surface area contributed by atoms with Crippen LogP contribution in [0.15, 0.2) is 36.8 Å². The highest BCUT2D eigenvalue weighted by molar-refractivity contribution is 5.95. The number of aromatic nitrogens is 6. The van der Waals surface area contributed by atoms with Crippen molar-refractivity contribution in [1.29, 1.82) is 0 Å². The number of fused-ring (bicyclic) bond motifs is 1. The number of carbonyl (C=O) groups excluding carboxylic acids is 1. The highest BCUT2D eigenvalue weighted by atomic mass is 19.1. The molecule has 12 heteroatoms. The number of benzene rings is 1. The molecule has 11 nitrogen and oxygen atoms in total. The molecule has 3 aromatic heterocycles. The molecule has 4 aromatic rings. The Bertz CT molecular complexity index is 1550. The molecular weight excluding hydrogens is 527 g/mol. The summed E-state index contributed by atoms with van der Waals surface area (Å²) in [5.74, 6) is -0.914. The van der Waals surface area contributed by atoms with Crippen LogP contribution in [-0.2, 0) is 37.4 Å². The fourth-order valence-corrected chi connectivity index (χ4v) is 5.05. The van der Waals surface area contributed by atoms with E-state index in [2.05, 4.69) is 45.5 Å². The zero-order valence-electron chi connectivity index (χ0n) is 24.0. The third-order valence-corrected chi connectivity index (χ3v) is 7.25. The van der Waals surface area contributed by atoms with Crippen molar-refractivity contribution in [2.24, 2.45) is 0 Å². The van der Waals surface area contributed by atoms with Crippen LogP contribution < -0.4 is 10.1 Å². The Morgan fingerprint density at radius 3 is 2.76 bits per heavy atom. The van der Waals surface area contributed by atoms with Crippen molar-refractivity contribution >= 4 is 5.91 Å². The van der Waals surface area contributed by atoms with Crippen molar-refractivity contribution in [3.8, 4) is 11.4 Å². The van der Waals surface area contributed by atoms with Crippen LogP contribution in [0.4, 0.5) is 4.39 Å². The van der Waals surface area contributed by atoms with Crippen LogP contribution in [0, 0.1) is 12.7 Å². The molecule has 0 saturated heterocycles. The van der Waals surface area contributed by atoms with Gasteiger partial charge in [0.25, 0.3) is 5.91 Å². The number of nitrogens with one attached hydrogen (secondary N) is 1. The minimum absolute atomic E-state index is 0.0675. The van der Waals surface area contributed by atoms with Crippen LogP contribution in [-0.4, -0.2) is 67.4 Å². The largest absolute Gasteiger partial charge is 0.494 e. The third kappa shape index (κ3) is 6.13. The van der Waals surface area contributed by atoms with Crippen LogP contribution >= 0.6 is 0 Å². The summed E-state index contributed by atoms with van der Waals surface area (Å²) in [6.07, 6.45) is 6.18. The maximum absolute atomic E-state index is 15.3. The molecule has 0 fully saturated rings. The predicted molar refractivity (Wildman–Crippen MR) is 149 cm³/mol. The average molecular weight is 563 g/mol. The number of aryl methyl sites for hydroxylation is 1. The Kier molecular flexibility index (Phi) is 8.41. The van der Waals surface area contributed by atoms with E-state index in [1.54, 1.807) is 37.2 Å². The molecule has 1 aromatic carbocycles. The highest BCUT2D eigenvalue weighted by Gasteiger charge is 2.22. The van der Waals surface area contributed by atoms with Crippen LogP contribution in [0.25, 0.3) is 5.69 Å². The fraction of sp³-hybridized carbons (Fsp3) is 0.414. The van der Waals surface area contributed by atoms with Gasteiger partial charge in [-0.15, -0.1) is 5.10 Å². The first kappa shape index (κ1) is 28.4. The van der Waals surface area contributed by atoms with E-state index in [0.717, 1.165) is 30.8 Å². The van der Waals surface area contributed by atoms with Crippen LogP contribution in [0.3, 0.4) is 0 Å².